The summed E-state index contributed by atoms with van der Waals surface area (Å²) in [6.07, 6.45) is 2.84. The first-order valence-corrected chi connectivity index (χ1v) is 7.20. The van der Waals surface area contributed by atoms with Crippen molar-refractivity contribution >= 4 is 11.6 Å². The van der Waals surface area contributed by atoms with Crippen molar-refractivity contribution in [1.29, 1.82) is 0 Å². The molecule has 23 heavy (non-hydrogen) atoms. The number of amides is 1. The number of hydrogen-bond acceptors (Lipinski definition) is 2. The molecule has 0 saturated heterocycles. The molecule has 2 aromatic rings. The Morgan fingerprint density at radius 2 is 1.57 bits per heavy atom. The minimum Gasteiger partial charge on any atom is -0.404 e. The highest BCUT2D eigenvalue weighted by Crippen LogP contribution is 2.29. The molecule has 1 N–H and O–H groups in total. The van der Waals surface area contributed by atoms with Crippen LogP contribution in [0.25, 0.3) is 0 Å². The van der Waals surface area contributed by atoms with Crippen molar-refractivity contribution in [2.45, 2.75) is 18.9 Å². The first-order valence-electron chi connectivity index (χ1n) is 7.20. The molecule has 1 aliphatic rings. The maximum atomic E-state index is 12.9. The van der Waals surface area contributed by atoms with Crippen molar-refractivity contribution in [3.05, 3.63) is 77.5 Å². The lowest BCUT2D eigenvalue weighted by Gasteiger charge is -2.38. The van der Waals surface area contributed by atoms with Gasteiger partial charge in [0.25, 0.3) is 0 Å². The van der Waals surface area contributed by atoms with Crippen LogP contribution in [0.3, 0.4) is 0 Å². The molecule has 1 aliphatic heterocycles. The molecule has 1 atom stereocenters. The van der Waals surface area contributed by atoms with E-state index in [1.165, 1.54) is 53.4 Å². The fraction of sp³-hybridized carbons (Fsp3) is 0.167. The average molecular weight is 314 g/mol. The van der Waals surface area contributed by atoms with Gasteiger partial charge in [0.05, 0.1) is 6.10 Å². The Morgan fingerprint density at radius 3 is 2.13 bits per heavy atom. The van der Waals surface area contributed by atoms with Gasteiger partial charge in [-0.2, -0.15) is 0 Å². The Balaban J connectivity index is 1.59. The lowest BCUT2D eigenvalue weighted by Crippen LogP contribution is -2.37. The third-order valence-electron chi connectivity index (χ3n) is 3.72. The van der Waals surface area contributed by atoms with Gasteiger partial charge in [-0.25, -0.2) is 8.78 Å². The SMILES string of the molecule is O=C1C(CCC(O)c2ccc(F)cc2)=[C-]N1c1ccc(F)cc1. The number of aliphatic hydroxyl groups excluding tert-OH is 1. The van der Waals surface area contributed by atoms with Crippen LogP contribution in [0.1, 0.15) is 24.5 Å². The number of nitrogens with zero attached hydrogens (tertiary/aromatic N) is 1. The first-order chi connectivity index (χ1) is 11.0. The molecule has 5 heteroatoms. The van der Waals surface area contributed by atoms with E-state index in [0.29, 0.717) is 29.7 Å². The van der Waals surface area contributed by atoms with Crippen LogP contribution in [0.15, 0.2) is 54.1 Å². The van der Waals surface area contributed by atoms with Crippen molar-refractivity contribution < 1.29 is 18.7 Å². The summed E-state index contributed by atoms with van der Waals surface area (Å²) in [5, 5.41) is 10.0. The van der Waals surface area contributed by atoms with Gasteiger partial charge in [-0.3, -0.25) is 0 Å². The van der Waals surface area contributed by atoms with Gasteiger partial charge < -0.3 is 14.8 Å². The molecule has 0 radical (unpaired) electrons. The van der Waals surface area contributed by atoms with E-state index in [9.17, 15) is 18.7 Å². The molecule has 0 saturated carbocycles. The fourth-order valence-corrected chi connectivity index (χ4v) is 2.38. The second-order valence-corrected chi connectivity index (χ2v) is 5.31. The molecule has 1 unspecified atom stereocenters. The van der Waals surface area contributed by atoms with E-state index in [-0.39, 0.29) is 17.5 Å². The summed E-state index contributed by atoms with van der Waals surface area (Å²) in [4.78, 5) is 13.4. The van der Waals surface area contributed by atoms with Crippen LogP contribution in [-0.2, 0) is 4.79 Å². The zero-order valence-electron chi connectivity index (χ0n) is 12.2. The monoisotopic (exact) mass is 314 g/mol. The van der Waals surface area contributed by atoms with Gasteiger partial charge in [-0.15, -0.1) is 0 Å². The van der Waals surface area contributed by atoms with E-state index in [4.69, 9.17) is 0 Å². The van der Waals surface area contributed by atoms with E-state index < -0.39 is 6.10 Å². The Bertz CT molecular complexity index is 739. The van der Waals surface area contributed by atoms with Gasteiger partial charge in [0.2, 0.25) is 0 Å². The third kappa shape index (κ3) is 3.29. The zero-order chi connectivity index (χ0) is 16.4. The van der Waals surface area contributed by atoms with Crippen LogP contribution < -0.4 is 4.90 Å². The lowest BCUT2D eigenvalue weighted by atomic mass is 9.98. The molecule has 2 aromatic carbocycles. The van der Waals surface area contributed by atoms with Crippen molar-refractivity contribution in [3.63, 3.8) is 0 Å². The molecule has 118 valence electrons. The van der Waals surface area contributed by atoms with E-state index >= 15 is 0 Å². The summed E-state index contributed by atoms with van der Waals surface area (Å²) in [6, 6.07) is 11.2. The van der Waals surface area contributed by atoms with Crippen molar-refractivity contribution in [3.8, 4) is 0 Å². The largest absolute Gasteiger partial charge is 0.404 e. The summed E-state index contributed by atoms with van der Waals surface area (Å²) in [5.41, 5.74) is 1.64. The smallest absolute Gasteiger partial charge is 0.166 e. The molecular weight excluding hydrogens is 300 g/mol. The summed E-state index contributed by atoms with van der Waals surface area (Å²) in [5.74, 6) is -0.933. The second-order valence-electron chi connectivity index (χ2n) is 5.31. The lowest BCUT2D eigenvalue weighted by molar-refractivity contribution is -0.116. The number of anilines is 1. The molecule has 1 heterocycles. The Kier molecular flexibility index (Phi) is 4.21. The molecule has 1 amide bonds. The predicted molar refractivity (Wildman–Crippen MR) is 81.2 cm³/mol. The fourth-order valence-electron chi connectivity index (χ4n) is 2.38. The van der Waals surface area contributed by atoms with Gasteiger partial charge >= 0.3 is 0 Å². The number of aliphatic hydroxyl groups is 1. The molecule has 0 spiro atoms. The van der Waals surface area contributed by atoms with E-state index in [2.05, 4.69) is 6.20 Å². The quantitative estimate of drug-likeness (QED) is 0.858. The standard InChI is InChI=1S/C18H14F2NO2/c19-14-4-1-12(2-5-14)17(22)10-3-13-11-21(18(13)23)16-8-6-15(20)7-9-16/h1-2,4-9,17,22H,3,10H2/q-1. The Morgan fingerprint density at radius 1 is 1.00 bits per heavy atom. The van der Waals surface area contributed by atoms with Gasteiger partial charge in [0.1, 0.15) is 11.6 Å². The Hall–Kier alpha value is -2.53. The van der Waals surface area contributed by atoms with E-state index in [0.717, 1.165) is 0 Å². The minimum absolute atomic E-state index is 0.206. The highest BCUT2D eigenvalue weighted by Gasteiger charge is 2.21. The third-order valence-corrected chi connectivity index (χ3v) is 3.72. The summed E-state index contributed by atoms with van der Waals surface area (Å²) in [6.45, 7) is 0. The molecule has 0 fully saturated rings. The van der Waals surface area contributed by atoms with Crippen LogP contribution in [0, 0.1) is 17.8 Å². The normalized spacial score (nSPS) is 15.2. The number of benzene rings is 2. The molecule has 0 bridgehead atoms. The summed E-state index contributed by atoms with van der Waals surface area (Å²) < 4.78 is 25.7. The first kappa shape index (κ1) is 15.4. The second kappa shape index (κ2) is 6.30. The van der Waals surface area contributed by atoms with Crippen molar-refractivity contribution in [2.24, 2.45) is 0 Å². The number of rotatable bonds is 5. The average Bonchev–Trinajstić information content (AvgIpc) is 2.55. The topological polar surface area (TPSA) is 40.5 Å². The number of carbonyl (C=O) groups is 1. The molecule has 3 rings (SSSR count). The molecular formula is C18H14F2NO2-. The minimum atomic E-state index is -0.766. The molecule has 0 aliphatic carbocycles. The summed E-state index contributed by atoms with van der Waals surface area (Å²) in [7, 11) is 0. The maximum absolute atomic E-state index is 12.9. The zero-order valence-corrected chi connectivity index (χ0v) is 12.2. The number of halogens is 2. The van der Waals surface area contributed by atoms with E-state index in [1.54, 1.807) is 0 Å². The van der Waals surface area contributed by atoms with Crippen molar-refractivity contribution in [2.75, 3.05) is 4.90 Å². The van der Waals surface area contributed by atoms with Crippen LogP contribution in [-0.4, -0.2) is 11.0 Å². The highest BCUT2D eigenvalue weighted by molar-refractivity contribution is 6.12. The van der Waals surface area contributed by atoms with Crippen LogP contribution in [0.2, 0.25) is 0 Å². The molecule has 0 aromatic heterocycles. The van der Waals surface area contributed by atoms with Crippen LogP contribution >= 0.6 is 0 Å². The maximum Gasteiger partial charge on any atom is 0.166 e. The van der Waals surface area contributed by atoms with E-state index in [1.807, 2.05) is 0 Å². The van der Waals surface area contributed by atoms with Gasteiger partial charge in [0, 0.05) is 0 Å². The Labute approximate surface area is 132 Å². The van der Waals surface area contributed by atoms with Gasteiger partial charge in [-0.05, 0) is 48.4 Å². The number of carbonyl (C=O) groups excluding carboxylic acids is 1. The highest BCUT2D eigenvalue weighted by atomic mass is 19.1. The molecule has 3 nitrogen and oxygen atoms in total. The van der Waals surface area contributed by atoms with Gasteiger partial charge in [-0.1, -0.05) is 36.0 Å². The van der Waals surface area contributed by atoms with Crippen molar-refractivity contribution in [1.82, 2.24) is 0 Å². The van der Waals surface area contributed by atoms with Gasteiger partial charge in [0.15, 0.2) is 5.91 Å². The number of hydrogen-bond donors (Lipinski definition) is 1. The predicted octanol–water partition coefficient (Wildman–Crippen LogP) is 3.51. The summed E-state index contributed by atoms with van der Waals surface area (Å²) >= 11 is 0. The van der Waals surface area contributed by atoms with Crippen LogP contribution in [0.4, 0.5) is 14.5 Å². The van der Waals surface area contributed by atoms with Crippen LogP contribution in [0.5, 0.6) is 0 Å².